The van der Waals surface area contributed by atoms with E-state index in [0.29, 0.717) is 6.04 Å². The van der Waals surface area contributed by atoms with Crippen molar-refractivity contribution in [3.8, 4) is 5.75 Å². The molecule has 0 unspecified atom stereocenters. The Kier molecular flexibility index (Phi) is 6.01. The summed E-state index contributed by atoms with van der Waals surface area (Å²) >= 11 is 0. The van der Waals surface area contributed by atoms with Gasteiger partial charge in [-0.15, -0.1) is 0 Å². The first kappa shape index (κ1) is 22.9. The van der Waals surface area contributed by atoms with E-state index in [2.05, 4.69) is 58.8 Å². The van der Waals surface area contributed by atoms with Crippen LogP contribution in [-0.4, -0.2) is 18.7 Å². The first-order chi connectivity index (χ1) is 17.1. The quantitative estimate of drug-likeness (QED) is 0.414. The van der Waals surface area contributed by atoms with Crippen molar-refractivity contribution in [2.45, 2.75) is 88.8 Å². The molecule has 0 saturated heterocycles. The van der Waals surface area contributed by atoms with Crippen LogP contribution >= 0.6 is 0 Å². The van der Waals surface area contributed by atoms with Crippen LogP contribution in [0.1, 0.15) is 87.4 Å². The summed E-state index contributed by atoms with van der Waals surface area (Å²) in [5, 5.41) is 7.89. The number of hydrogen-bond acceptors (Lipinski definition) is 3. The van der Waals surface area contributed by atoms with Crippen LogP contribution in [0, 0.1) is 24.3 Å². The van der Waals surface area contributed by atoms with Gasteiger partial charge in [-0.25, -0.2) is 4.85 Å². The lowest BCUT2D eigenvalue weighted by Gasteiger charge is -2.57. The molecule has 5 aliphatic rings. The summed E-state index contributed by atoms with van der Waals surface area (Å²) in [6.45, 7) is 10.3. The summed E-state index contributed by atoms with van der Waals surface area (Å²) in [4.78, 5) is 4.02. The summed E-state index contributed by atoms with van der Waals surface area (Å²) in [7, 11) is 1.74. The average Bonchev–Trinajstić information content (AvgIpc) is 2.85. The summed E-state index contributed by atoms with van der Waals surface area (Å²) in [5.74, 6) is 3.61. The van der Waals surface area contributed by atoms with Gasteiger partial charge in [0.1, 0.15) is 5.75 Å². The highest BCUT2D eigenvalue weighted by Gasteiger charge is 2.51. The Hall–Kier alpha value is -2.51. The molecule has 1 heterocycles. The van der Waals surface area contributed by atoms with Crippen LogP contribution in [0.25, 0.3) is 4.85 Å². The Bertz CT molecular complexity index is 1100. The number of ether oxygens (including phenoxy) is 1. The zero-order valence-electron chi connectivity index (χ0n) is 21.3. The van der Waals surface area contributed by atoms with E-state index in [1.54, 1.807) is 7.11 Å². The molecule has 7 rings (SSSR count). The monoisotopic (exact) mass is 469 g/mol. The second-order valence-corrected chi connectivity index (χ2v) is 11.9. The average molecular weight is 470 g/mol. The third kappa shape index (κ3) is 4.33. The van der Waals surface area contributed by atoms with Crippen molar-refractivity contribution in [3.05, 3.63) is 64.5 Å². The molecule has 2 atom stereocenters. The Balaban J connectivity index is 1.30. The van der Waals surface area contributed by atoms with E-state index in [0.717, 1.165) is 41.3 Å². The number of unbranched alkanes of at least 4 members (excludes halogenated alkanes) is 1. The zero-order chi connectivity index (χ0) is 24.0. The maximum absolute atomic E-state index is 8.01. The second-order valence-electron chi connectivity index (χ2n) is 11.9. The van der Waals surface area contributed by atoms with E-state index >= 15 is 0 Å². The van der Waals surface area contributed by atoms with Gasteiger partial charge in [0, 0.05) is 17.3 Å². The molecule has 2 N–H and O–H groups in total. The first-order valence-electron chi connectivity index (χ1n) is 13.8. The lowest BCUT2D eigenvalue weighted by atomic mass is 9.53. The van der Waals surface area contributed by atoms with E-state index in [-0.39, 0.29) is 11.6 Å². The van der Waals surface area contributed by atoms with Gasteiger partial charge >= 0.3 is 0 Å². The number of rotatable bonds is 7. The summed E-state index contributed by atoms with van der Waals surface area (Å²) < 4.78 is 5.54. The topological polar surface area (TPSA) is 37.6 Å². The number of benzene rings is 2. The predicted octanol–water partition coefficient (Wildman–Crippen LogP) is 7.42. The van der Waals surface area contributed by atoms with Crippen molar-refractivity contribution in [2.24, 2.45) is 17.8 Å². The molecule has 2 aromatic rings. The molecule has 4 heteroatoms. The molecule has 1 aliphatic heterocycles. The summed E-state index contributed by atoms with van der Waals surface area (Å²) in [6, 6.07) is 13.6. The Morgan fingerprint density at radius 2 is 1.80 bits per heavy atom. The van der Waals surface area contributed by atoms with E-state index < -0.39 is 0 Å². The van der Waals surface area contributed by atoms with Gasteiger partial charge in [0.2, 0.25) is 5.69 Å². The van der Waals surface area contributed by atoms with Crippen LogP contribution < -0.4 is 15.4 Å². The molecule has 0 radical (unpaired) electrons. The van der Waals surface area contributed by atoms with Crippen molar-refractivity contribution < 1.29 is 4.74 Å². The number of methoxy groups -OCH3 is 1. The van der Waals surface area contributed by atoms with Gasteiger partial charge in [-0.05, 0) is 110 Å². The van der Waals surface area contributed by atoms with Gasteiger partial charge in [-0.2, -0.15) is 0 Å². The van der Waals surface area contributed by atoms with E-state index in [1.165, 1.54) is 74.5 Å². The van der Waals surface area contributed by atoms with Gasteiger partial charge < -0.3 is 15.4 Å². The van der Waals surface area contributed by atoms with Crippen molar-refractivity contribution in [2.75, 3.05) is 12.4 Å². The van der Waals surface area contributed by atoms with Crippen LogP contribution in [0.15, 0.2) is 36.4 Å². The van der Waals surface area contributed by atoms with Crippen molar-refractivity contribution in [1.82, 2.24) is 5.32 Å². The van der Waals surface area contributed by atoms with Crippen LogP contribution in [-0.2, 0) is 6.42 Å². The van der Waals surface area contributed by atoms with Crippen LogP contribution in [0.3, 0.4) is 0 Å². The molecule has 0 spiro atoms. The summed E-state index contributed by atoms with van der Waals surface area (Å²) in [5.41, 5.74) is 5.91. The minimum atomic E-state index is 0.112. The van der Waals surface area contributed by atoms with Gasteiger partial charge in [0.05, 0.1) is 19.7 Å². The SMILES string of the molecule is [C-]#[N+]c1cc([C@@H]2N[C@@H](CCCC)Cc3cc(OC)ccc32)ccc1NC12CC3CC(CC(C3)C1)C2. The lowest BCUT2D eigenvalue weighted by Crippen LogP contribution is -2.54. The molecule has 2 aromatic carbocycles. The Morgan fingerprint density at radius 1 is 1.06 bits per heavy atom. The van der Waals surface area contributed by atoms with E-state index in [1.807, 2.05) is 0 Å². The lowest BCUT2D eigenvalue weighted by molar-refractivity contribution is 0.0107. The molecule has 4 aliphatic carbocycles. The molecular formula is C31H39N3O. The first-order valence-corrected chi connectivity index (χ1v) is 13.8. The van der Waals surface area contributed by atoms with Gasteiger partial charge in [0.15, 0.2) is 0 Å². The minimum absolute atomic E-state index is 0.112. The number of anilines is 1. The highest BCUT2D eigenvalue weighted by Crippen LogP contribution is 2.57. The smallest absolute Gasteiger partial charge is 0.209 e. The maximum Gasteiger partial charge on any atom is 0.209 e. The Morgan fingerprint density at radius 3 is 2.46 bits per heavy atom. The molecule has 35 heavy (non-hydrogen) atoms. The second kappa shape index (κ2) is 9.17. The molecule has 0 aromatic heterocycles. The molecule has 184 valence electrons. The van der Waals surface area contributed by atoms with Gasteiger partial charge in [0.25, 0.3) is 0 Å². The van der Waals surface area contributed by atoms with E-state index in [4.69, 9.17) is 11.3 Å². The molecule has 4 saturated carbocycles. The largest absolute Gasteiger partial charge is 0.497 e. The molecule has 4 fully saturated rings. The highest BCUT2D eigenvalue weighted by atomic mass is 16.5. The normalized spacial score (nSPS) is 32.7. The Labute approximate surface area is 210 Å². The van der Waals surface area contributed by atoms with Gasteiger partial charge in [-0.1, -0.05) is 31.9 Å². The van der Waals surface area contributed by atoms with Crippen LogP contribution in [0.2, 0.25) is 0 Å². The predicted molar refractivity (Wildman–Crippen MR) is 142 cm³/mol. The maximum atomic E-state index is 8.01. The van der Waals surface area contributed by atoms with Crippen molar-refractivity contribution in [1.29, 1.82) is 0 Å². The minimum Gasteiger partial charge on any atom is -0.497 e. The molecular weight excluding hydrogens is 430 g/mol. The number of nitrogens with zero attached hydrogens (tertiary/aromatic N) is 1. The molecule has 4 nitrogen and oxygen atoms in total. The molecule has 0 amide bonds. The van der Waals surface area contributed by atoms with Crippen molar-refractivity contribution >= 4 is 11.4 Å². The highest BCUT2D eigenvalue weighted by molar-refractivity contribution is 5.72. The number of fused-ring (bicyclic) bond motifs is 1. The fourth-order valence-electron chi connectivity index (χ4n) is 8.20. The number of hydrogen-bond donors (Lipinski definition) is 2. The number of nitrogens with one attached hydrogen (secondary N) is 2. The third-order valence-electron chi connectivity index (χ3n) is 9.35. The third-order valence-corrected chi connectivity index (χ3v) is 9.35. The van der Waals surface area contributed by atoms with Crippen LogP contribution in [0.5, 0.6) is 5.75 Å². The standard InChI is InChI=1S/C31H39N3O/c1-4-5-6-25-14-24-15-26(35-3)8-9-27(24)30(33-25)23-7-10-28(29(16-23)32-2)34-31-17-20-11-21(18-31)13-22(12-20)19-31/h7-10,15-16,20-22,25,30,33-34H,4-6,11-14,17-19H2,1,3H3/t20?,21?,22?,25-,30-,31?/m0/s1. The zero-order valence-corrected chi connectivity index (χ0v) is 21.3. The van der Waals surface area contributed by atoms with E-state index in [9.17, 15) is 0 Å². The van der Waals surface area contributed by atoms with Gasteiger partial charge in [-0.3, -0.25) is 0 Å². The summed E-state index contributed by atoms with van der Waals surface area (Å²) in [6.07, 6.45) is 12.8. The fraction of sp³-hybridized carbons (Fsp3) is 0.581. The fourth-order valence-corrected chi connectivity index (χ4v) is 8.20. The van der Waals surface area contributed by atoms with Crippen molar-refractivity contribution in [3.63, 3.8) is 0 Å². The molecule has 4 bridgehead atoms. The van der Waals surface area contributed by atoms with Crippen LogP contribution in [0.4, 0.5) is 11.4 Å².